The van der Waals surface area contributed by atoms with E-state index in [9.17, 15) is 9.18 Å². The van der Waals surface area contributed by atoms with E-state index < -0.39 is 5.82 Å². The number of anilines is 1. The molecule has 21 heavy (non-hydrogen) atoms. The molecule has 0 spiro atoms. The predicted octanol–water partition coefficient (Wildman–Crippen LogP) is 2.29. The maximum absolute atomic E-state index is 14.4. The van der Waals surface area contributed by atoms with Gasteiger partial charge in [0.25, 0.3) is 5.91 Å². The molecule has 1 fully saturated rings. The molecule has 116 valence electrons. The molecule has 1 amide bonds. The fourth-order valence-corrected chi connectivity index (χ4v) is 2.16. The third-order valence-corrected chi connectivity index (χ3v) is 3.45. The van der Waals surface area contributed by atoms with Gasteiger partial charge in [-0.25, -0.2) is 9.37 Å². The summed E-state index contributed by atoms with van der Waals surface area (Å²) in [4.78, 5) is 18.2. The van der Waals surface area contributed by atoms with E-state index in [-0.39, 0.29) is 23.3 Å². The van der Waals surface area contributed by atoms with Crippen LogP contribution in [0.2, 0.25) is 0 Å². The summed E-state index contributed by atoms with van der Waals surface area (Å²) in [6.45, 7) is 3.55. The van der Waals surface area contributed by atoms with Crippen molar-refractivity contribution in [2.45, 2.75) is 32.2 Å². The fraction of sp³-hybridized carbons (Fsp3) is 0.600. The number of nitrogens with zero attached hydrogens (tertiary/aromatic N) is 2. The molecule has 0 unspecified atom stereocenters. The first-order valence-electron chi connectivity index (χ1n) is 7.37. The second kappa shape index (κ2) is 7.36. The summed E-state index contributed by atoms with van der Waals surface area (Å²) >= 11 is 0. The maximum atomic E-state index is 14.4. The van der Waals surface area contributed by atoms with Gasteiger partial charge in [-0.1, -0.05) is 6.92 Å². The van der Waals surface area contributed by atoms with Crippen LogP contribution >= 0.6 is 0 Å². The van der Waals surface area contributed by atoms with Crippen molar-refractivity contribution in [1.29, 1.82) is 0 Å². The number of pyridine rings is 1. The molecule has 0 aliphatic heterocycles. The standard InChI is InChI=1S/C15H22FN3O2/c1-3-7-17-14-13(16)12(6-8-18-14)15(20)19(9-10-21-2)11-4-5-11/h6,8,11H,3-5,7,9-10H2,1-2H3,(H,17,18). The minimum atomic E-state index is -0.570. The minimum absolute atomic E-state index is 0.0756. The third kappa shape index (κ3) is 3.91. The van der Waals surface area contributed by atoms with E-state index in [1.807, 2.05) is 6.92 Å². The Morgan fingerprint density at radius 1 is 1.57 bits per heavy atom. The fourth-order valence-electron chi connectivity index (χ4n) is 2.16. The molecule has 0 aromatic carbocycles. The van der Waals surface area contributed by atoms with Crippen LogP contribution in [0.4, 0.5) is 10.2 Å². The molecule has 0 radical (unpaired) electrons. The molecule has 1 saturated carbocycles. The SMILES string of the molecule is CCCNc1nccc(C(=O)N(CCOC)C2CC2)c1F. The molecule has 2 rings (SSSR count). The van der Waals surface area contributed by atoms with E-state index in [0.717, 1.165) is 19.3 Å². The number of amides is 1. The molecule has 0 bridgehead atoms. The van der Waals surface area contributed by atoms with Crippen molar-refractivity contribution in [1.82, 2.24) is 9.88 Å². The lowest BCUT2D eigenvalue weighted by molar-refractivity contribution is 0.0675. The average molecular weight is 295 g/mol. The molecule has 6 heteroatoms. The van der Waals surface area contributed by atoms with Crippen molar-refractivity contribution in [3.8, 4) is 0 Å². The largest absolute Gasteiger partial charge is 0.383 e. The van der Waals surface area contributed by atoms with Gasteiger partial charge in [-0.15, -0.1) is 0 Å². The van der Waals surface area contributed by atoms with Crippen molar-refractivity contribution in [2.75, 3.05) is 32.1 Å². The minimum Gasteiger partial charge on any atom is -0.383 e. The zero-order chi connectivity index (χ0) is 15.2. The summed E-state index contributed by atoms with van der Waals surface area (Å²) in [6, 6.07) is 1.66. The van der Waals surface area contributed by atoms with Crippen LogP contribution in [0.15, 0.2) is 12.3 Å². The zero-order valence-electron chi connectivity index (χ0n) is 12.6. The van der Waals surface area contributed by atoms with Gasteiger partial charge in [0, 0.05) is 32.4 Å². The van der Waals surface area contributed by atoms with E-state index in [0.29, 0.717) is 19.7 Å². The van der Waals surface area contributed by atoms with Crippen LogP contribution in [-0.2, 0) is 4.74 Å². The molecular formula is C15H22FN3O2. The van der Waals surface area contributed by atoms with Gasteiger partial charge >= 0.3 is 0 Å². The average Bonchev–Trinajstić information content (AvgIpc) is 3.31. The van der Waals surface area contributed by atoms with E-state index in [4.69, 9.17) is 4.74 Å². The van der Waals surface area contributed by atoms with Crippen LogP contribution in [-0.4, -0.2) is 48.6 Å². The number of rotatable bonds is 8. The molecule has 1 aromatic heterocycles. The molecular weight excluding hydrogens is 273 g/mol. The number of halogens is 1. The Morgan fingerprint density at radius 3 is 2.95 bits per heavy atom. The second-order valence-electron chi connectivity index (χ2n) is 5.17. The highest BCUT2D eigenvalue weighted by molar-refractivity contribution is 5.95. The first-order valence-corrected chi connectivity index (χ1v) is 7.37. The van der Waals surface area contributed by atoms with Gasteiger partial charge < -0.3 is 15.0 Å². The van der Waals surface area contributed by atoms with E-state index in [1.54, 1.807) is 12.0 Å². The number of carbonyl (C=O) groups is 1. The van der Waals surface area contributed by atoms with E-state index in [2.05, 4.69) is 10.3 Å². The van der Waals surface area contributed by atoms with Crippen LogP contribution in [0.3, 0.4) is 0 Å². The van der Waals surface area contributed by atoms with Crippen molar-refractivity contribution in [3.63, 3.8) is 0 Å². The van der Waals surface area contributed by atoms with Crippen molar-refractivity contribution < 1.29 is 13.9 Å². The van der Waals surface area contributed by atoms with E-state index >= 15 is 0 Å². The molecule has 1 heterocycles. The highest BCUT2D eigenvalue weighted by Crippen LogP contribution is 2.29. The van der Waals surface area contributed by atoms with Gasteiger partial charge in [0.05, 0.1) is 12.2 Å². The zero-order valence-corrected chi connectivity index (χ0v) is 12.6. The smallest absolute Gasteiger partial charge is 0.257 e. The summed E-state index contributed by atoms with van der Waals surface area (Å²) in [5, 5.41) is 2.90. The van der Waals surface area contributed by atoms with Gasteiger partial charge in [0.15, 0.2) is 11.6 Å². The van der Waals surface area contributed by atoms with Crippen molar-refractivity contribution >= 4 is 11.7 Å². The van der Waals surface area contributed by atoms with Crippen LogP contribution in [0.25, 0.3) is 0 Å². The third-order valence-electron chi connectivity index (χ3n) is 3.45. The van der Waals surface area contributed by atoms with Crippen molar-refractivity contribution in [2.24, 2.45) is 0 Å². The number of carbonyl (C=O) groups excluding carboxylic acids is 1. The first kappa shape index (κ1) is 15.7. The first-order chi connectivity index (χ1) is 10.2. The molecule has 1 aromatic rings. The highest BCUT2D eigenvalue weighted by Gasteiger charge is 2.34. The summed E-state index contributed by atoms with van der Waals surface area (Å²) in [6.07, 6.45) is 4.28. The summed E-state index contributed by atoms with van der Waals surface area (Å²) in [5.41, 5.74) is 0.0756. The quantitative estimate of drug-likeness (QED) is 0.799. The monoisotopic (exact) mass is 295 g/mol. The lowest BCUT2D eigenvalue weighted by atomic mass is 10.2. The number of hydrogen-bond acceptors (Lipinski definition) is 4. The normalized spacial score (nSPS) is 14.0. The Balaban J connectivity index is 2.16. The summed E-state index contributed by atoms with van der Waals surface area (Å²) < 4.78 is 19.4. The van der Waals surface area contributed by atoms with Gasteiger partial charge in [-0.2, -0.15) is 0 Å². The predicted molar refractivity (Wildman–Crippen MR) is 78.9 cm³/mol. The van der Waals surface area contributed by atoms with Crippen molar-refractivity contribution in [3.05, 3.63) is 23.6 Å². The van der Waals surface area contributed by atoms with Gasteiger partial charge in [0.2, 0.25) is 0 Å². The molecule has 1 N–H and O–H groups in total. The van der Waals surface area contributed by atoms with Crippen LogP contribution in [0.5, 0.6) is 0 Å². The van der Waals surface area contributed by atoms with Gasteiger partial charge in [-0.05, 0) is 25.3 Å². The Morgan fingerprint density at radius 2 is 2.33 bits per heavy atom. The topological polar surface area (TPSA) is 54.5 Å². The molecule has 1 aliphatic carbocycles. The Labute approximate surface area is 124 Å². The molecule has 5 nitrogen and oxygen atoms in total. The second-order valence-corrected chi connectivity index (χ2v) is 5.17. The van der Waals surface area contributed by atoms with Crippen LogP contribution in [0, 0.1) is 5.82 Å². The summed E-state index contributed by atoms with van der Waals surface area (Å²) in [5.74, 6) is -0.710. The molecule has 1 aliphatic rings. The lowest BCUT2D eigenvalue weighted by Gasteiger charge is -2.22. The van der Waals surface area contributed by atoms with Crippen LogP contribution in [0.1, 0.15) is 36.5 Å². The highest BCUT2D eigenvalue weighted by atomic mass is 19.1. The number of hydrogen-bond donors (Lipinski definition) is 1. The maximum Gasteiger partial charge on any atom is 0.257 e. The number of nitrogens with one attached hydrogen (secondary N) is 1. The Kier molecular flexibility index (Phi) is 5.50. The van der Waals surface area contributed by atoms with Gasteiger partial charge in [-0.3, -0.25) is 4.79 Å². The molecule has 0 atom stereocenters. The number of aromatic nitrogens is 1. The lowest BCUT2D eigenvalue weighted by Crippen LogP contribution is -2.36. The summed E-state index contributed by atoms with van der Waals surface area (Å²) in [7, 11) is 1.59. The van der Waals surface area contributed by atoms with E-state index in [1.165, 1.54) is 12.3 Å². The van der Waals surface area contributed by atoms with Gasteiger partial charge in [0.1, 0.15) is 0 Å². The van der Waals surface area contributed by atoms with Crippen LogP contribution < -0.4 is 5.32 Å². The number of ether oxygens (including phenoxy) is 1. The molecule has 0 saturated heterocycles. The number of methoxy groups -OCH3 is 1. The Bertz CT molecular complexity index is 492. The Hall–Kier alpha value is -1.69.